The van der Waals surface area contributed by atoms with Gasteiger partial charge in [-0.25, -0.2) is 9.18 Å². The number of carboxylic acid groups (broad SMARTS) is 1. The molecule has 3 nitrogen and oxygen atoms in total. The number of hydrogen-bond donors (Lipinski definition) is 1. The van der Waals surface area contributed by atoms with Gasteiger partial charge in [-0.3, -0.25) is 0 Å². The van der Waals surface area contributed by atoms with E-state index < -0.39 is 5.97 Å². The van der Waals surface area contributed by atoms with Crippen LogP contribution in [0.5, 0.6) is 0 Å². The zero-order valence-corrected chi connectivity index (χ0v) is 12.5. The van der Waals surface area contributed by atoms with E-state index in [1.807, 2.05) is 24.3 Å². The van der Waals surface area contributed by atoms with Crippen molar-refractivity contribution < 1.29 is 14.3 Å². The molecule has 0 radical (unpaired) electrons. The first-order chi connectivity index (χ1) is 10.1. The van der Waals surface area contributed by atoms with Crippen molar-refractivity contribution in [1.29, 1.82) is 0 Å². The first-order valence-electron chi connectivity index (χ1n) is 6.32. The minimum atomic E-state index is -1.000. The van der Waals surface area contributed by atoms with Crippen LogP contribution in [-0.4, -0.2) is 15.6 Å². The number of carboxylic acids is 1. The molecule has 0 aliphatic rings. The van der Waals surface area contributed by atoms with Crippen molar-refractivity contribution in [3.63, 3.8) is 0 Å². The first kappa shape index (κ1) is 13.8. The summed E-state index contributed by atoms with van der Waals surface area (Å²) in [5, 5.41) is 10.3. The van der Waals surface area contributed by atoms with Gasteiger partial charge in [-0.05, 0) is 39.7 Å². The smallest absolute Gasteiger partial charge is 0.353 e. The van der Waals surface area contributed by atoms with Crippen LogP contribution in [0.2, 0.25) is 0 Å². The van der Waals surface area contributed by atoms with Gasteiger partial charge in [0.05, 0.1) is 9.99 Å². The molecule has 0 fully saturated rings. The summed E-state index contributed by atoms with van der Waals surface area (Å²) >= 11 is 3.37. The second kappa shape index (κ2) is 5.33. The highest BCUT2D eigenvalue weighted by atomic mass is 79.9. The maximum absolute atomic E-state index is 13.0. The van der Waals surface area contributed by atoms with Crippen molar-refractivity contribution >= 4 is 32.8 Å². The largest absolute Gasteiger partial charge is 0.477 e. The van der Waals surface area contributed by atoms with Crippen LogP contribution >= 0.6 is 15.9 Å². The number of carbonyl (C=O) groups is 1. The Bertz CT molecular complexity index is 824. The number of aromatic nitrogens is 1. The summed E-state index contributed by atoms with van der Waals surface area (Å²) in [5.74, 6) is -1.31. The van der Waals surface area contributed by atoms with E-state index in [1.165, 1.54) is 12.1 Å². The number of hydrogen-bond acceptors (Lipinski definition) is 1. The van der Waals surface area contributed by atoms with Crippen LogP contribution in [0.4, 0.5) is 4.39 Å². The molecule has 0 saturated carbocycles. The number of benzene rings is 2. The topological polar surface area (TPSA) is 42.2 Å². The van der Waals surface area contributed by atoms with Gasteiger partial charge < -0.3 is 9.67 Å². The summed E-state index contributed by atoms with van der Waals surface area (Å²) in [4.78, 5) is 11.5. The van der Waals surface area contributed by atoms with Crippen LogP contribution in [0, 0.1) is 5.82 Å². The van der Waals surface area contributed by atoms with Gasteiger partial charge in [0.15, 0.2) is 0 Å². The molecule has 0 amide bonds. The van der Waals surface area contributed by atoms with Crippen LogP contribution in [0.25, 0.3) is 10.9 Å². The van der Waals surface area contributed by atoms with Crippen molar-refractivity contribution in [2.24, 2.45) is 0 Å². The van der Waals surface area contributed by atoms with Gasteiger partial charge in [0, 0.05) is 11.9 Å². The van der Waals surface area contributed by atoms with Crippen LogP contribution in [0.1, 0.15) is 16.1 Å². The SMILES string of the molecule is O=C(O)c1c(Br)c2ccccc2n1Cc1ccc(F)cc1. The predicted molar refractivity (Wildman–Crippen MR) is 82.1 cm³/mol. The Morgan fingerprint density at radius 1 is 1.14 bits per heavy atom. The standard InChI is InChI=1S/C16H11BrFNO2/c17-14-12-3-1-2-4-13(12)19(15(14)16(20)21)9-10-5-7-11(18)8-6-10/h1-8H,9H2,(H,20,21). The van der Waals surface area contributed by atoms with Gasteiger partial charge in [0.25, 0.3) is 0 Å². The molecule has 106 valence electrons. The number of rotatable bonds is 3. The van der Waals surface area contributed by atoms with Gasteiger partial charge >= 0.3 is 5.97 Å². The molecule has 0 aliphatic heterocycles. The average molecular weight is 348 g/mol. The third kappa shape index (κ3) is 2.45. The molecule has 3 aromatic rings. The van der Waals surface area contributed by atoms with Crippen molar-refractivity contribution in [2.45, 2.75) is 6.54 Å². The summed E-state index contributed by atoms with van der Waals surface area (Å²) in [7, 11) is 0. The molecular weight excluding hydrogens is 337 g/mol. The monoisotopic (exact) mass is 347 g/mol. The molecule has 0 atom stereocenters. The Morgan fingerprint density at radius 2 is 1.81 bits per heavy atom. The Hall–Kier alpha value is -2.14. The van der Waals surface area contributed by atoms with Gasteiger partial charge in [0.1, 0.15) is 11.5 Å². The summed E-state index contributed by atoms with van der Waals surface area (Å²) in [5.41, 5.74) is 1.86. The Morgan fingerprint density at radius 3 is 2.48 bits per heavy atom. The zero-order chi connectivity index (χ0) is 15.0. The molecule has 3 rings (SSSR count). The van der Waals surface area contributed by atoms with Gasteiger partial charge in [-0.2, -0.15) is 0 Å². The number of aromatic carboxylic acids is 1. The molecule has 0 bridgehead atoms. The van der Waals surface area contributed by atoms with Crippen LogP contribution in [-0.2, 0) is 6.54 Å². The first-order valence-corrected chi connectivity index (χ1v) is 7.11. The fourth-order valence-electron chi connectivity index (χ4n) is 2.41. The number of fused-ring (bicyclic) bond motifs is 1. The fourth-order valence-corrected chi connectivity index (χ4v) is 3.13. The molecule has 2 aromatic carbocycles. The quantitative estimate of drug-likeness (QED) is 0.767. The second-order valence-corrected chi connectivity index (χ2v) is 5.49. The Kier molecular flexibility index (Phi) is 3.51. The van der Waals surface area contributed by atoms with E-state index in [4.69, 9.17) is 0 Å². The van der Waals surface area contributed by atoms with E-state index in [9.17, 15) is 14.3 Å². The molecule has 1 heterocycles. The van der Waals surface area contributed by atoms with E-state index in [1.54, 1.807) is 16.7 Å². The molecule has 21 heavy (non-hydrogen) atoms. The Labute approximate surface area is 128 Å². The minimum Gasteiger partial charge on any atom is -0.477 e. The van der Waals surface area contributed by atoms with Crippen molar-refractivity contribution in [2.75, 3.05) is 0 Å². The number of halogens is 2. The normalized spacial score (nSPS) is 11.0. The molecule has 5 heteroatoms. The van der Waals surface area contributed by atoms with Gasteiger partial charge in [-0.1, -0.05) is 30.3 Å². The molecule has 0 saturated heterocycles. The van der Waals surface area contributed by atoms with Gasteiger partial charge in [0.2, 0.25) is 0 Å². The van der Waals surface area contributed by atoms with E-state index >= 15 is 0 Å². The predicted octanol–water partition coefficient (Wildman–Crippen LogP) is 4.29. The lowest BCUT2D eigenvalue weighted by atomic mass is 10.2. The lowest BCUT2D eigenvalue weighted by molar-refractivity contribution is 0.0685. The molecule has 1 N–H and O–H groups in total. The lowest BCUT2D eigenvalue weighted by Gasteiger charge is -2.08. The lowest BCUT2D eigenvalue weighted by Crippen LogP contribution is -2.10. The molecule has 0 aliphatic carbocycles. The van der Waals surface area contributed by atoms with Crippen molar-refractivity contribution in [3.8, 4) is 0 Å². The second-order valence-electron chi connectivity index (χ2n) is 4.70. The third-order valence-electron chi connectivity index (χ3n) is 3.37. The molecular formula is C16H11BrFNO2. The van der Waals surface area contributed by atoms with E-state index in [0.29, 0.717) is 11.0 Å². The van der Waals surface area contributed by atoms with Crippen LogP contribution in [0.15, 0.2) is 53.0 Å². The average Bonchev–Trinajstić information content (AvgIpc) is 2.75. The number of nitrogens with zero attached hydrogens (tertiary/aromatic N) is 1. The highest BCUT2D eigenvalue weighted by Crippen LogP contribution is 2.31. The highest BCUT2D eigenvalue weighted by molar-refractivity contribution is 9.10. The van der Waals surface area contributed by atoms with E-state index in [0.717, 1.165) is 16.5 Å². The van der Waals surface area contributed by atoms with Crippen molar-refractivity contribution in [3.05, 3.63) is 70.1 Å². The summed E-state index contributed by atoms with van der Waals surface area (Å²) in [6.07, 6.45) is 0. The molecule has 0 spiro atoms. The molecule has 0 unspecified atom stereocenters. The van der Waals surface area contributed by atoms with Crippen molar-refractivity contribution in [1.82, 2.24) is 4.57 Å². The maximum atomic E-state index is 13.0. The third-order valence-corrected chi connectivity index (χ3v) is 4.17. The van der Waals surface area contributed by atoms with Crippen LogP contribution < -0.4 is 0 Å². The Balaban J connectivity index is 2.18. The zero-order valence-electron chi connectivity index (χ0n) is 10.9. The minimum absolute atomic E-state index is 0.195. The fraction of sp³-hybridized carbons (Fsp3) is 0.0625. The van der Waals surface area contributed by atoms with Gasteiger partial charge in [-0.15, -0.1) is 0 Å². The maximum Gasteiger partial charge on any atom is 0.353 e. The number of para-hydroxylation sites is 1. The highest BCUT2D eigenvalue weighted by Gasteiger charge is 2.20. The summed E-state index contributed by atoms with van der Waals surface area (Å²) in [6.45, 7) is 0.369. The van der Waals surface area contributed by atoms with E-state index in [-0.39, 0.29) is 11.5 Å². The van der Waals surface area contributed by atoms with Crippen LogP contribution in [0.3, 0.4) is 0 Å². The summed E-state index contributed by atoms with van der Waals surface area (Å²) < 4.78 is 15.3. The summed E-state index contributed by atoms with van der Waals surface area (Å²) in [6, 6.07) is 13.5. The molecule has 1 aromatic heterocycles. The van der Waals surface area contributed by atoms with E-state index in [2.05, 4.69) is 15.9 Å².